The molecular formula is C10H8BrFN4O2. The van der Waals surface area contributed by atoms with E-state index in [-0.39, 0.29) is 11.3 Å². The summed E-state index contributed by atoms with van der Waals surface area (Å²) in [5.41, 5.74) is -0.109. The van der Waals surface area contributed by atoms with E-state index in [4.69, 9.17) is 0 Å². The molecule has 0 aliphatic rings. The summed E-state index contributed by atoms with van der Waals surface area (Å²) in [4.78, 5) is 9.87. The number of halogens is 2. The molecular weight excluding hydrogens is 307 g/mol. The zero-order valence-corrected chi connectivity index (χ0v) is 10.9. The van der Waals surface area contributed by atoms with Crippen molar-refractivity contribution in [3.63, 3.8) is 0 Å². The number of hydrogen-bond acceptors (Lipinski definition) is 4. The van der Waals surface area contributed by atoms with Gasteiger partial charge in [0, 0.05) is 13.1 Å². The minimum absolute atomic E-state index is 0.183. The molecule has 0 saturated heterocycles. The van der Waals surface area contributed by atoms with Crippen molar-refractivity contribution in [2.75, 3.05) is 0 Å². The van der Waals surface area contributed by atoms with Crippen LogP contribution in [0.25, 0.3) is 11.4 Å². The molecule has 0 N–H and O–H groups in total. The molecule has 18 heavy (non-hydrogen) atoms. The van der Waals surface area contributed by atoms with Crippen LogP contribution in [0.3, 0.4) is 0 Å². The maximum Gasteiger partial charge on any atom is 0.272 e. The second-order valence-electron chi connectivity index (χ2n) is 3.55. The molecule has 94 valence electrons. The molecule has 0 spiro atoms. The summed E-state index contributed by atoms with van der Waals surface area (Å²) in [6, 6.07) is 3.44. The monoisotopic (exact) mass is 314 g/mol. The summed E-state index contributed by atoms with van der Waals surface area (Å²) in [6.07, 6.45) is 0. The number of hydrogen-bond donors (Lipinski definition) is 0. The lowest BCUT2D eigenvalue weighted by atomic mass is 10.2. The van der Waals surface area contributed by atoms with Crippen molar-refractivity contribution in [3.05, 3.63) is 40.0 Å². The van der Waals surface area contributed by atoms with Crippen LogP contribution in [0, 0.1) is 15.9 Å². The van der Waals surface area contributed by atoms with Crippen LogP contribution in [0.5, 0.6) is 0 Å². The topological polar surface area (TPSA) is 73.8 Å². The van der Waals surface area contributed by atoms with Crippen molar-refractivity contribution in [2.45, 2.75) is 5.33 Å². The first kappa shape index (κ1) is 12.6. The summed E-state index contributed by atoms with van der Waals surface area (Å²) >= 11 is 3.24. The molecule has 0 fully saturated rings. The average Bonchev–Trinajstić information content (AvgIpc) is 2.70. The number of alkyl halides is 1. The van der Waals surface area contributed by atoms with Crippen LogP contribution in [-0.2, 0) is 12.4 Å². The summed E-state index contributed by atoms with van der Waals surface area (Å²) < 4.78 is 15.4. The van der Waals surface area contributed by atoms with Gasteiger partial charge in [0.2, 0.25) is 0 Å². The van der Waals surface area contributed by atoms with E-state index in [2.05, 4.69) is 26.1 Å². The Morgan fingerprint density at radius 1 is 1.50 bits per heavy atom. The fourth-order valence-corrected chi connectivity index (χ4v) is 2.00. The Balaban J connectivity index is 2.51. The van der Waals surface area contributed by atoms with Gasteiger partial charge < -0.3 is 4.57 Å². The second kappa shape index (κ2) is 4.81. The minimum Gasteiger partial charge on any atom is -0.313 e. The molecule has 0 bridgehead atoms. The van der Waals surface area contributed by atoms with Crippen LogP contribution in [-0.4, -0.2) is 19.7 Å². The first-order valence-electron chi connectivity index (χ1n) is 4.93. The van der Waals surface area contributed by atoms with Crippen molar-refractivity contribution < 1.29 is 9.31 Å². The van der Waals surface area contributed by atoms with Gasteiger partial charge in [0.1, 0.15) is 11.6 Å². The van der Waals surface area contributed by atoms with Gasteiger partial charge in [-0.3, -0.25) is 10.1 Å². The summed E-state index contributed by atoms with van der Waals surface area (Å²) in [5, 5.41) is 18.7. The number of non-ortho nitro benzene ring substituents is 1. The number of nitro benzene ring substituents is 1. The normalized spacial score (nSPS) is 10.6. The predicted octanol–water partition coefficient (Wildman–Crippen LogP) is 2.42. The standard InChI is InChI=1S/C10H8BrFN4O2/c1-15-9(5-11)13-14-10(15)7-3-2-6(16(17)18)4-8(7)12/h2-4H,5H2,1H3. The van der Waals surface area contributed by atoms with Gasteiger partial charge in [-0.1, -0.05) is 15.9 Å². The lowest BCUT2D eigenvalue weighted by Gasteiger charge is -2.03. The van der Waals surface area contributed by atoms with Gasteiger partial charge in [0.05, 0.1) is 21.9 Å². The molecule has 0 aliphatic carbocycles. The molecule has 1 aromatic carbocycles. The molecule has 0 amide bonds. The fourth-order valence-electron chi connectivity index (χ4n) is 1.51. The average molecular weight is 315 g/mol. The lowest BCUT2D eigenvalue weighted by molar-refractivity contribution is -0.385. The number of nitro groups is 1. The van der Waals surface area contributed by atoms with Gasteiger partial charge in [-0.15, -0.1) is 10.2 Å². The van der Waals surface area contributed by atoms with Gasteiger partial charge in [-0.05, 0) is 6.07 Å². The third-order valence-corrected chi connectivity index (χ3v) is 2.99. The molecule has 2 rings (SSSR count). The first-order chi connectivity index (χ1) is 8.54. The van der Waals surface area contributed by atoms with Crippen LogP contribution >= 0.6 is 15.9 Å². The quantitative estimate of drug-likeness (QED) is 0.495. The molecule has 1 heterocycles. The van der Waals surface area contributed by atoms with E-state index in [1.54, 1.807) is 11.6 Å². The Morgan fingerprint density at radius 3 is 2.72 bits per heavy atom. The molecule has 0 radical (unpaired) electrons. The smallest absolute Gasteiger partial charge is 0.272 e. The van der Waals surface area contributed by atoms with Crippen LogP contribution in [0.2, 0.25) is 0 Å². The van der Waals surface area contributed by atoms with Crippen molar-refractivity contribution in [1.29, 1.82) is 0 Å². The number of aromatic nitrogens is 3. The first-order valence-corrected chi connectivity index (χ1v) is 6.05. The Morgan fingerprint density at radius 2 is 2.22 bits per heavy atom. The van der Waals surface area contributed by atoms with Crippen LogP contribution in [0.4, 0.5) is 10.1 Å². The van der Waals surface area contributed by atoms with E-state index in [0.29, 0.717) is 17.0 Å². The summed E-state index contributed by atoms with van der Waals surface area (Å²) in [6.45, 7) is 0. The third kappa shape index (κ3) is 2.10. The highest BCUT2D eigenvalue weighted by atomic mass is 79.9. The molecule has 0 saturated carbocycles. The SMILES string of the molecule is Cn1c(CBr)nnc1-c1ccc([N+](=O)[O-])cc1F. The highest BCUT2D eigenvalue weighted by molar-refractivity contribution is 9.08. The predicted molar refractivity (Wildman–Crippen MR) is 65.7 cm³/mol. The molecule has 6 nitrogen and oxygen atoms in total. The molecule has 1 aromatic heterocycles. The molecule has 0 atom stereocenters. The van der Waals surface area contributed by atoms with Crippen LogP contribution in [0.1, 0.15) is 5.82 Å². The molecule has 0 unspecified atom stereocenters. The number of benzene rings is 1. The highest BCUT2D eigenvalue weighted by Gasteiger charge is 2.17. The Bertz CT molecular complexity index is 614. The van der Waals surface area contributed by atoms with Gasteiger partial charge in [0.15, 0.2) is 5.82 Å². The minimum atomic E-state index is -0.694. The number of nitrogens with zero attached hydrogens (tertiary/aromatic N) is 4. The van der Waals surface area contributed by atoms with E-state index >= 15 is 0 Å². The Labute approximate surface area is 110 Å². The second-order valence-corrected chi connectivity index (χ2v) is 4.11. The van der Waals surface area contributed by atoms with Crippen molar-refractivity contribution in [1.82, 2.24) is 14.8 Å². The van der Waals surface area contributed by atoms with Gasteiger partial charge in [-0.2, -0.15) is 0 Å². The molecule has 2 aromatic rings. The molecule has 8 heteroatoms. The highest BCUT2D eigenvalue weighted by Crippen LogP contribution is 2.25. The lowest BCUT2D eigenvalue weighted by Crippen LogP contribution is -1.99. The van der Waals surface area contributed by atoms with E-state index in [1.807, 2.05) is 0 Å². The van der Waals surface area contributed by atoms with Crippen molar-refractivity contribution in [2.24, 2.45) is 7.05 Å². The maximum atomic E-state index is 13.8. The van der Waals surface area contributed by atoms with E-state index in [0.717, 1.165) is 6.07 Å². The Hall–Kier alpha value is -1.83. The molecule has 0 aliphatic heterocycles. The van der Waals surface area contributed by atoms with Gasteiger partial charge in [0.25, 0.3) is 5.69 Å². The summed E-state index contributed by atoms with van der Waals surface area (Å²) in [5.74, 6) is 0.278. The van der Waals surface area contributed by atoms with E-state index in [9.17, 15) is 14.5 Å². The van der Waals surface area contributed by atoms with Gasteiger partial charge >= 0.3 is 0 Å². The summed E-state index contributed by atoms with van der Waals surface area (Å²) in [7, 11) is 1.70. The van der Waals surface area contributed by atoms with Crippen LogP contribution < -0.4 is 0 Å². The van der Waals surface area contributed by atoms with Crippen molar-refractivity contribution >= 4 is 21.6 Å². The largest absolute Gasteiger partial charge is 0.313 e. The van der Waals surface area contributed by atoms with Crippen LogP contribution in [0.15, 0.2) is 18.2 Å². The fraction of sp³-hybridized carbons (Fsp3) is 0.200. The Kier molecular flexibility index (Phi) is 3.37. The third-order valence-electron chi connectivity index (χ3n) is 2.49. The maximum absolute atomic E-state index is 13.8. The number of rotatable bonds is 3. The van der Waals surface area contributed by atoms with E-state index in [1.165, 1.54) is 12.1 Å². The van der Waals surface area contributed by atoms with Gasteiger partial charge in [-0.25, -0.2) is 4.39 Å². The van der Waals surface area contributed by atoms with Crippen molar-refractivity contribution in [3.8, 4) is 11.4 Å². The zero-order chi connectivity index (χ0) is 13.3. The van der Waals surface area contributed by atoms with E-state index < -0.39 is 10.7 Å². The zero-order valence-electron chi connectivity index (χ0n) is 9.30.